The Bertz CT molecular complexity index is 1100. The highest BCUT2D eigenvalue weighted by atomic mass is 16.8. The molecule has 0 unspecified atom stereocenters. The van der Waals surface area contributed by atoms with Crippen molar-refractivity contribution in [2.45, 2.75) is 108 Å². The summed E-state index contributed by atoms with van der Waals surface area (Å²) in [6.45, 7) is 4.23. The summed E-state index contributed by atoms with van der Waals surface area (Å²) in [5, 5.41) is 23.6. The molecule has 0 amide bonds. The Morgan fingerprint density at radius 2 is 1.84 bits per heavy atom. The van der Waals surface area contributed by atoms with Gasteiger partial charge < -0.3 is 34.0 Å². The lowest BCUT2D eigenvalue weighted by Crippen LogP contribution is -2.70. The van der Waals surface area contributed by atoms with E-state index in [1.54, 1.807) is 13.0 Å². The summed E-state index contributed by atoms with van der Waals surface area (Å²) in [5.41, 5.74) is -1.07. The van der Waals surface area contributed by atoms with E-state index < -0.39 is 40.4 Å². The number of carbonyl (C=O) groups is 3. The number of fused-ring (bicyclic) bond motifs is 7. The van der Waals surface area contributed by atoms with Gasteiger partial charge in [0.25, 0.3) is 5.79 Å². The molecule has 9 nitrogen and oxygen atoms in total. The lowest BCUT2D eigenvalue weighted by Gasteiger charge is -2.64. The molecule has 38 heavy (non-hydrogen) atoms. The number of cyclic esters (lactones) is 1. The van der Waals surface area contributed by atoms with Crippen LogP contribution in [0.25, 0.3) is 0 Å². The van der Waals surface area contributed by atoms with Crippen LogP contribution in [0.15, 0.2) is 11.6 Å². The molecule has 0 aromatic rings. The van der Waals surface area contributed by atoms with Gasteiger partial charge in [-0.05, 0) is 87.5 Å². The van der Waals surface area contributed by atoms with Crippen molar-refractivity contribution in [3.63, 3.8) is 0 Å². The van der Waals surface area contributed by atoms with E-state index in [0.717, 1.165) is 44.0 Å². The van der Waals surface area contributed by atoms with Crippen LogP contribution in [0.2, 0.25) is 0 Å². The summed E-state index contributed by atoms with van der Waals surface area (Å²) in [6.07, 6.45) is 5.80. The lowest BCUT2D eigenvalue weighted by atomic mass is 9.42. The largest absolute Gasteiger partial charge is 0.458 e. The number of esters is 1. The normalized spacial score (nSPS) is 55.5. The third kappa shape index (κ3) is 3.14. The Morgan fingerprint density at radius 3 is 2.58 bits per heavy atom. The zero-order valence-corrected chi connectivity index (χ0v) is 22.1. The van der Waals surface area contributed by atoms with Gasteiger partial charge in [-0.25, -0.2) is 4.79 Å². The van der Waals surface area contributed by atoms with E-state index in [-0.39, 0.29) is 48.3 Å². The van der Waals surface area contributed by atoms with Crippen LogP contribution in [-0.2, 0) is 33.3 Å². The van der Waals surface area contributed by atoms with Crippen LogP contribution in [0.1, 0.15) is 71.6 Å². The average Bonchev–Trinajstić information content (AvgIpc) is 3.42. The van der Waals surface area contributed by atoms with E-state index in [4.69, 9.17) is 18.9 Å². The van der Waals surface area contributed by atoms with E-state index >= 15 is 0 Å². The zero-order chi connectivity index (χ0) is 26.7. The molecular formula is C29H38O9. The Balaban J connectivity index is 1.19. The van der Waals surface area contributed by atoms with Gasteiger partial charge in [0.2, 0.25) is 6.29 Å². The minimum Gasteiger partial charge on any atom is -0.458 e. The smallest absolute Gasteiger partial charge is 0.331 e. The van der Waals surface area contributed by atoms with Crippen molar-refractivity contribution in [1.29, 1.82) is 0 Å². The first kappa shape index (κ1) is 25.3. The second-order valence-electron chi connectivity index (χ2n) is 13.4. The fraction of sp³-hybridized carbons (Fsp3) is 0.828. The van der Waals surface area contributed by atoms with E-state index in [1.165, 1.54) is 0 Å². The highest BCUT2D eigenvalue weighted by molar-refractivity contribution is 5.87. The van der Waals surface area contributed by atoms with Crippen LogP contribution >= 0.6 is 0 Å². The fourth-order valence-corrected chi connectivity index (χ4v) is 10.1. The van der Waals surface area contributed by atoms with Crippen LogP contribution in [0, 0.1) is 34.5 Å². The Kier molecular flexibility index (Phi) is 5.46. The molecular weight excluding hydrogens is 492 g/mol. The molecule has 4 saturated carbocycles. The van der Waals surface area contributed by atoms with Gasteiger partial charge in [0.05, 0.1) is 23.9 Å². The van der Waals surface area contributed by atoms with Crippen LogP contribution in [0.3, 0.4) is 0 Å². The SMILES string of the molecule is C[C@@H]1CC(=O)[C@]2(O)O[C@@H]3C[C@@]4(C=O)[C@@H](CC[C@@H]5[C@H]4CC[C@]4(C)[C@@H](C6=CC(=O)OC6)CC[C@]54O)C[C@H]3O[C@@H]2O1. The van der Waals surface area contributed by atoms with Crippen molar-refractivity contribution >= 4 is 18.0 Å². The molecule has 2 N–H and O–H groups in total. The predicted molar refractivity (Wildman–Crippen MR) is 130 cm³/mol. The van der Waals surface area contributed by atoms with Crippen LogP contribution in [0.4, 0.5) is 0 Å². The average molecular weight is 531 g/mol. The first-order valence-electron chi connectivity index (χ1n) is 14.3. The molecule has 6 fully saturated rings. The number of ether oxygens (including phenoxy) is 4. The third-order valence-corrected chi connectivity index (χ3v) is 11.9. The van der Waals surface area contributed by atoms with Crippen molar-refractivity contribution in [3.8, 4) is 0 Å². The maximum atomic E-state index is 13.1. The van der Waals surface area contributed by atoms with Crippen LogP contribution in [0.5, 0.6) is 0 Å². The lowest BCUT2D eigenvalue weighted by molar-refractivity contribution is -0.413. The Labute approximate surface area is 222 Å². The van der Waals surface area contributed by atoms with Gasteiger partial charge in [-0.2, -0.15) is 0 Å². The minimum atomic E-state index is -2.16. The third-order valence-electron chi connectivity index (χ3n) is 11.9. The molecule has 3 aliphatic heterocycles. The molecule has 0 bridgehead atoms. The van der Waals surface area contributed by atoms with Crippen molar-refractivity contribution < 1.29 is 43.5 Å². The number of hydrogen-bond acceptors (Lipinski definition) is 9. The van der Waals surface area contributed by atoms with Gasteiger partial charge in [0, 0.05) is 23.3 Å². The molecule has 9 heteroatoms. The molecule has 12 atom stereocenters. The second-order valence-corrected chi connectivity index (χ2v) is 13.4. The summed E-state index contributed by atoms with van der Waals surface area (Å²) in [7, 11) is 0. The molecule has 0 spiro atoms. The maximum absolute atomic E-state index is 13.1. The number of carbonyl (C=O) groups excluding carboxylic acids is 3. The number of aldehydes is 1. The second kappa shape index (κ2) is 8.19. The Hall–Kier alpha value is -1.65. The molecule has 7 aliphatic rings. The molecule has 0 radical (unpaired) electrons. The van der Waals surface area contributed by atoms with Crippen molar-refractivity contribution in [3.05, 3.63) is 11.6 Å². The number of rotatable bonds is 2. The predicted octanol–water partition coefficient (Wildman–Crippen LogP) is 2.21. The van der Waals surface area contributed by atoms with Crippen molar-refractivity contribution in [2.75, 3.05) is 6.61 Å². The molecule has 208 valence electrons. The highest BCUT2D eigenvalue weighted by Gasteiger charge is 2.70. The first-order chi connectivity index (χ1) is 18.0. The van der Waals surface area contributed by atoms with Gasteiger partial charge in [-0.3, -0.25) is 4.79 Å². The first-order valence-corrected chi connectivity index (χ1v) is 14.3. The highest BCUT2D eigenvalue weighted by Crippen LogP contribution is 2.70. The summed E-state index contributed by atoms with van der Waals surface area (Å²) in [4.78, 5) is 37.7. The van der Waals surface area contributed by atoms with Crippen LogP contribution < -0.4 is 0 Å². The topological polar surface area (TPSA) is 129 Å². The molecule has 3 heterocycles. The molecule has 2 saturated heterocycles. The fourth-order valence-electron chi connectivity index (χ4n) is 10.1. The minimum absolute atomic E-state index is 0.0266. The van der Waals surface area contributed by atoms with E-state index in [2.05, 4.69) is 6.92 Å². The van der Waals surface area contributed by atoms with E-state index in [1.807, 2.05) is 0 Å². The van der Waals surface area contributed by atoms with Gasteiger partial charge in [0.15, 0.2) is 5.78 Å². The monoisotopic (exact) mass is 530 g/mol. The van der Waals surface area contributed by atoms with Gasteiger partial charge in [0.1, 0.15) is 12.9 Å². The molecule has 4 aliphatic carbocycles. The number of Topliss-reactive ketones (excluding diaryl/α,β-unsaturated/α-hetero) is 1. The maximum Gasteiger partial charge on any atom is 0.331 e. The van der Waals surface area contributed by atoms with Gasteiger partial charge in [-0.1, -0.05) is 6.92 Å². The van der Waals surface area contributed by atoms with Gasteiger partial charge in [-0.15, -0.1) is 0 Å². The van der Waals surface area contributed by atoms with Crippen molar-refractivity contribution in [1.82, 2.24) is 0 Å². The number of ketones is 1. The zero-order valence-electron chi connectivity index (χ0n) is 22.1. The molecule has 0 aromatic carbocycles. The van der Waals surface area contributed by atoms with Crippen molar-refractivity contribution in [2.24, 2.45) is 34.5 Å². The summed E-state index contributed by atoms with van der Waals surface area (Å²) < 4.78 is 23.3. The number of aliphatic hydroxyl groups is 2. The number of hydrogen-bond donors (Lipinski definition) is 2. The quantitative estimate of drug-likeness (QED) is 0.314. The van der Waals surface area contributed by atoms with Gasteiger partial charge >= 0.3 is 5.97 Å². The standard InChI is InChI=1S/C29H38O9/c1-15-9-23(31)29(34)25(36-15)37-21-11-17-3-4-20-19(27(17,14-30)12-22(21)38-29)5-7-26(2)18(6-8-28(20,26)33)16-10-24(32)35-13-16/h10,14-15,17-22,25,33-34H,3-9,11-13H2,1-2H3/t15-,17+,18-,19-,20-,21-,22-,25+,26-,27-,28+,29+/m1/s1. The summed E-state index contributed by atoms with van der Waals surface area (Å²) >= 11 is 0. The summed E-state index contributed by atoms with van der Waals surface area (Å²) in [5.74, 6) is -2.84. The molecule has 0 aromatic heterocycles. The van der Waals surface area contributed by atoms with E-state index in [9.17, 15) is 24.6 Å². The van der Waals surface area contributed by atoms with Crippen LogP contribution in [-0.4, -0.2) is 70.8 Å². The van der Waals surface area contributed by atoms with E-state index in [0.29, 0.717) is 25.9 Å². The summed E-state index contributed by atoms with van der Waals surface area (Å²) in [6, 6.07) is 0. The Morgan fingerprint density at radius 1 is 1.03 bits per heavy atom. The molecule has 7 rings (SSSR count).